The molecule has 1 aliphatic rings. The Kier molecular flexibility index (Phi) is 3.64. The summed E-state index contributed by atoms with van der Waals surface area (Å²) in [6.07, 6.45) is 8.56. The highest BCUT2D eigenvalue weighted by molar-refractivity contribution is 5.74. The van der Waals surface area contributed by atoms with Crippen LogP contribution in [0.5, 0.6) is 0 Å². The molecular formula is C16H24N4. The summed E-state index contributed by atoms with van der Waals surface area (Å²) in [6, 6.07) is 2.05. The second kappa shape index (κ2) is 5.43. The summed E-state index contributed by atoms with van der Waals surface area (Å²) < 4.78 is 2.08. The van der Waals surface area contributed by atoms with Crippen LogP contribution in [-0.2, 0) is 6.54 Å². The van der Waals surface area contributed by atoms with Gasteiger partial charge in [0.25, 0.3) is 0 Å². The maximum absolute atomic E-state index is 6.05. The Morgan fingerprint density at radius 3 is 2.80 bits per heavy atom. The van der Waals surface area contributed by atoms with Crippen molar-refractivity contribution in [3.05, 3.63) is 17.8 Å². The van der Waals surface area contributed by atoms with Gasteiger partial charge in [-0.3, -0.25) is 4.57 Å². The fraction of sp³-hybridized carbons (Fsp3) is 0.625. The first-order valence-electron chi connectivity index (χ1n) is 7.72. The lowest BCUT2D eigenvalue weighted by Crippen LogP contribution is -2.15. The summed E-state index contributed by atoms with van der Waals surface area (Å²) in [6.45, 7) is 5.34. The molecule has 2 aromatic rings. The number of rotatable bonds is 3. The number of hydrogen-bond donors (Lipinski definition) is 1. The van der Waals surface area contributed by atoms with Crippen molar-refractivity contribution in [2.75, 3.05) is 5.73 Å². The molecule has 108 valence electrons. The van der Waals surface area contributed by atoms with Crippen LogP contribution < -0.4 is 5.73 Å². The van der Waals surface area contributed by atoms with Crippen LogP contribution in [0, 0.1) is 18.8 Å². The number of aryl methyl sites for hydroxylation is 2. The van der Waals surface area contributed by atoms with E-state index in [-0.39, 0.29) is 0 Å². The summed E-state index contributed by atoms with van der Waals surface area (Å²) in [7, 11) is 0. The van der Waals surface area contributed by atoms with Crippen LogP contribution in [0.25, 0.3) is 11.2 Å². The summed E-state index contributed by atoms with van der Waals surface area (Å²) in [5, 5.41) is 0. The lowest BCUT2D eigenvalue weighted by atomic mass is 9.81. The van der Waals surface area contributed by atoms with Crippen molar-refractivity contribution in [1.82, 2.24) is 14.5 Å². The first-order valence-corrected chi connectivity index (χ1v) is 7.72. The largest absolute Gasteiger partial charge is 0.369 e. The van der Waals surface area contributed by atoms with E-state index in [4.69, 9.17) is 5.73 Å². The molecule has 20 heavy (non-hydrogen) atoms. The molecule has 2 heterocycles. The third-order valence-electron chi connectivity index (χ3n) is 4.65. The Morgan fingerprint density at radius 1 is 1.30 bits per heavy atom. The van der Waals surface area contributed by atoms with Gasteiger partial charge in [-0.2, -0.15) is 0 Å². The maximum atomic E-state index is 6.05. The van der Waals surface area contributed by atoms with E-state index >= 15 is 0 Å². The van der Waals surface area contributed by atoms with Crippen molar-refractivity contribution in [3.8, 4) is 0 Å². The standard InChI is InChI=1S/C16H24N4/c1-11-3-5-13(6-4-11)7-8-20-15-14(19-16(20)17)9-12(2)10-18-15/h9-11,13H,3-8H2,1-2H3,(H2,17,19). The highest BCUT2D eigenvalue weighted by Crippen LogP contribution is 2.31. The van der Waals surface area contributed by atoms with Crippen LogP contribution in [0.1, 0.15) is 44.6 Å². The molecule has 1 fully saturated rings. The fourth-order valence-corrected chi connectivity index (χ4v) is 3.28. The molecule has 3 rings (SSSR count). The van der Waals surface area contributed by atoms with Gasteiger partial charge in [0.2, 0.25) is 5.95 Å². The van der Waals surface area contributed by atoms with Crippen LogP contribution in [0.4, 0.5) is 5.95 Å². The molecule has 0 aromatic carbocycles. The monoisotopic (exact) mass is 272 g/mol. The number of aromatic nitrogens is 3. The Bertz CT molecular complexity index is 594. The van der Waals surface area contributed by atoms with Crippen molar-refractivity contribution in [1.29, 1.82) is 0 Å². The predicted molar refractivity (Wildman–Crippen MR) is 82.4 cm³/mol. The Balaban J connectivity index is 1.72. The number of imidazole rings is 1. The van der Waals surface area contributed by atoms with E-state index in [0.29, 0.717) is 5.95 Å². The van der Waals surface area contributed by atoms with Crippen molar-refractivity contribution in [3.63, 3.8) is 0 Å². The highest BCUT2D eigenvalue weighted by atomic mass is 15.2. The number of pyridine rings is 1. The molecule has 1 saturated carbocycles. The van der Waals surface area contributed by atoms with E-state index in [2.05, 4.69) is 27.5 Å². The molecule has 0 bridgehead atoms. The second-order valence-electron chi connectivity index (χ2n) is 6.39. The molecule has 0 atom stereocenters. The number of anilines is 1. The van der Waals surface area contributed by atoms with E-state index in [9.17, 15) is 0 Å². The summed E-state index contributed by atoms with van der Waals surface area (Å²) >= 11 is 0. The molecule has 0 amide bonds. The Hall–Kier alpha value is -1.58. The molecule has 4 nitrogen and oxygen atoms in total. The zero-order valence-corrected chi connectivity index (χ0v) is 12.5. The SMILES string of the molecule is Cc1cnc2c(c1)nc(N)n2CCC1CCC(C)CC1. The number of fused-ring (bicyclic) bond motifs is 1. The van der Waals surface area contributed by atoms with Gasteiger partial charge in [-0.05, 0) is 36.8 Å². The third kappa shape index (κ3) is 2.65. The quantitative estimate of drug-likeness (QED) is 0.929. The minimum absolute atomic E-state index is 0.599. The van der Waals surface area contributed by atoms with Crippen molar-refractivity contribution in [2.45, 2.75) is 52.5 Å². The average molecular weight is 272 g/mol. The summed E-state index contributed by atoms with van der Waals surface area (Å²) in [5.41, 5.74) is 9.03. The van der Waals surface area contributed by atoms with Gasteiger partial charge >= 0.3 is 0 Å². The van der Waals surface area contributed by atoms with Crippen molar-refractivity contribution < 1.29 is 0 Å². The fourth-order valence-electron chi connectivity index (χ4n) is 3.28. The van der Waals surface area contributed by atoms with Gasteiger partial charge in [-0.1, -0.05) is 32.6 Å². The first kappa shape index (κ1) is 13.4. The number of nitrogens with zero attached hydrogens (tertiary/aromatic N) is 3. The Labute approximate surface area is 120 Å². The van der Waals surface area contributed by atoms with Gasteiger partial charge in [0.05, 0.1) is 0 Å². The molecule has 0 aliphatic heterocycles. The smallest absolute Gasteiger partial charge is 0.202 e. The van der Waals surface area contributed by atoms with Gasteiger partial charge < -0.3 is 5.73 Å². The maximum Gasteiger partial charge on any atom is 0.202 e. The van der Waals surface area contributed by atoms with Crippen LogP contribution in [0.2, 0.25) is 0 Å². The lowest BCUT2D eigenvalue weighted by molar-refractivity contribution is 0.270. The molecule has 0 radical (unpaired) electrons. The summed E-state index contributed by atoms with van der Waals surface area (Å²) in [4.78, 5) is 8.93. The van der Waals surface area contributed by atoms with Crippen LogP contribution in [0.15, 0.2) is 12.3 Å². The third-order valence-corrected chi connectivity index (χ3v) is 4.65. The molecule has 2 N–H and O–H groups in total. The molecule has 2 aromatic heterocycles. The van der Waals surface area contributed by atoms with Gasteiger partial charge in [0.15, 0.2) is 5.65 Å². The molecule has 1 aliphatic carbocycles. The predicted octanol–water partition coefficient (Wildman–Crippen LogP) is 3.54. The van der Waals surface area contributed by atoms with Crippen LogP contribution >= 0.6 is 0 Å². The highest BCUT2D eigenvalue weighted by Gasteiger charge is 2.19. The zero-order valence-electron chi connectivity index (χ0n) is 12.5. The lowest BCUT2D eigenvalue weighted by Gasteiger charge is -2.26. The molecule has 0 spiro atoms. The first-order chi connectivity index (χ1) is 9.63. The van der Waals surface area contributed by atoms with E-state index in [1.165, 1.54) is 32.1 Å². The topological polar surface area (TPSA) is 56.7 Å². The van der Waals surface area contributed by atoms with Gasteiger partial charge in [-0.25, -0.2) is 9.97 Å². The van der Waals surface area contributed by atoms with E-state index in [1.807, 2.05) is 13.1 Å². The normalized spacial score (nSPS) is 23.3. The van der Waals surface area contributed by atoms with Gasteiger partial charge in [0, 0.05) is 12.7 Å². The van der Waals surface area contributed by atoms with Crippen molar-refractivity contribution in [2.24, 2.45) is 11.8 Å². The van der Waals surface area contributed by atoms with Crippen molar-refractivity contribution >= 4 is 17.1 Å². The number of hydrogen-bond acceptors (Lipinski definition) is 3. The van der Waals surface area contributed by atoms with E-state index in [1.54, 1.807) is 0 Å². The van der Waals surface area contributed by atoms with E-state index < -0.39 is 0 Å². The van der Waals surface area contributed by atoms with Crippen LogP contribution in [-0.4, -0.2) is 14.5 Å². The molecule has 0 saturated heterocycles. The molecular weight excluding hydrogens is 248 g/mol. The van der Waals surface area contributed by atoms with Crippen LogP contribution in [0.3, 0.4) is 0 Å². The zero-order chi connectivity index (χ0) is 14.1. The van der Waals surface area contributed by atoms with Gasteiger partial charge in [-0.15, -0.1) is 0 Å². The molecule has 0 unspecified atom stereocenters. The van der Waals surface area contributed by atoms with E-state index in [0.717, 1.165) is 35.1 Å². The number of nitrogen functional groups attached to an aromatic ring is 1. The average Bonchev–Trinajstić information content (AvgIpc) is 2.73. The minimum atomic E-state index is 0.599. The number of nitrogens with two attached hydrogens (primary N) is 1. The minimum Gasteiger partial charge on any atom is -0.369 e. The summed E-state index contributed by atoms with van der Waals surface area (Å²) in [5.74, 6) is 2.35. The second-order valence-corrected chi connectivity index (χ2v) is 6.39. The van der Waals surface area contributed by atoms with Gasteiger partial charge in [0.1, 0.15) is 5.52 Å². The Morgan fingerprint density at radius 2 is 2.05 bits per heavy atom. The molecule has 4 heteroatoms.